The number of isocyanates is 1. The normalized spacial score (nSPS) is 10.5. The fourth-order valence-electron chi connectivity index (χ4n) is 1.56. The van der Waals surface area contributed by atoms with E-state index in [1.807, 2.05) is 0 Å². The third-order valence-corrected chi connectivity index (χ3v) is 2.27. The van der Waals surface area contributed by atoms with Gasteiger partial charge < -0.3 is 9.47 Å². The molecule has 0 unspecified atom stereocenters. The Morgan fingerprint density at radius 2 is 2.00 bits per heavy atom. The number of benzene rings is 1. The molecule has 0 amide bonds. The van der Waals surface area contributed by atoms with Crippen molar-refractivity contribution in [2.24, 2.45) is 4.99 Å². The van der Waals surface area contributed by atoms with Gasteiger partial charge in [-0.3, -0.25) is 10.1 Å². The van der Waals surface area contributed by atoms with Crippen molar-refractivity contribution in [3.8, 4) is 5.75 Å². The van der Waals surface area contributed by atoms with Crippen LogP contribution < -0.4 is 4.74 Å². The molecule has 8 heteroatoms. The predicted molar refractivity (Wildman–Crippen MR) is 72.6 cm³/mol. The van der Waals surface area contributed by atoms with E-state index in [4.69, 9.17) is 4.74 Å². The highest BCUT2D eigenvalue weighted by Crippen LogP contribution is 2.41. The summed E-state index contributed by atoms with van der Waals surface area (Å²) >= 11 is 0. The van der Waals surface area contributed by atoms with E-state index in [1.165, 1.54) is 12.1 Å². The Morgan fingerprint density at radius 1 is 1.38 bits per heavy atom. The van der Waals surface area contributed by atoms with Crippen LogP contribution >= 0.6 is 0 Å². The number of hydrogen-bond donors (Lipinski definition) is 0. The minimum Gasteiger partial charge on any atom is -0.480 e. The lowest BCUT2D eigenvalue weighted by Gasteiger charge is -2.22. The Balaban J connectivity index is 3.69. The van der Waals surface area contributed by atoms with Crippen LogP contribution in [0, 0.1) is 10.1 Å². The first-order valence-corrected chi connectivity index (χ1v) is 5.88. The fraction of sp³-hybridized carbons (Fsp3) is 0.385. The number of hydrogen-bond acceptors (Lipinski definition) is 7. The van der Waals surface area contributed by atoms with E-state index in [9.17, 15) is 19.7 Å². The van der Waals surface area contributed by atoms with Crippen molar-refractivity contribution < 1.29 is 24.0 Å². The molecule has 1 aromatic carbocycles. The SMILES string of the molecule is COC(=O)c1ccc(N=C=O)c([N+](=O)[O-])c1OC(C)(C)C. The van der Waals surface area contributed by atoms with Crippen LogP contribution in [-0.4, -0.2) is 29.7 Å². The van der Waals surface area contributed by atoms with Crippen molar-refractivity contribution in [2.75, 3.05) is 7.11 Å². The number of nitrogens with zero attached hydrogens (tertiary/aromatic N) is 2. The van der Waals surface area contributed by atoms with E-state index in [0.717, 1.165) is 13.2 Å². The second kappa shape index (κ2) is 6.15. The molecule has 1 rings (SSSR count). The van der Waals surface area contributed by atoms with E-state index >= 15 is 0 Å². The molecular weight excluding hydrogens is 280 g/mol. The van der Waals surface area contributed by atoms with Gasteiger partial charge >= 0.3 is 11.7 Å². The van der Waals surface area contributed by atoms with Crippen LogP contribution in [0.1, 0.15) is 31.1 Å². The number of aliphatic imine (C=N–C) groups is 1. The van der Waals surface area contributed by atoms with Crippen molar-refractivity contribution in [2.45, 2.75) is 26.4 Å². The lowest BCUT2D eigenvalue weighted by molar-refractivity contribution is -0.385. The summed E-state index contributed by atoms with van der Waals surface area (Å²) in [5.41, 5.74) is -1.76. The van der Waals surface area contributed by atoms with Gasteiger partial charge in [0.1, 0.15) is 11.2 Å². The summed E-state index contributed by atoms with van der Waals surface area (Å²) < 4.78 is 10.1. The molecular formula is C13H14N2O6. The van der Waals surface area contributed by atoms with Gasteiger partial charge in [0, 0.05) is 0 Å². The second-order valence-electron chi connectivity index (χ2n) is 4.98. The first kappa shape index (κ1) is 16.3. The molecule has 0 atom stereocenters. The number of nitro groups is 1. The minimum atomic E-state index is -0.808. The first-order chi connectivity index (χ1) is 9.71. The van der Waals surface area contributed by atoms with Gasteiger partial charge in [-0.1, -0.05) is 0 Å². The molecule has 0 bridgehead atoms. The summed E-state index contributed by atoms with van der Waals surface area (Å²) in [7, 11) is 1.15. The largest absolute Gasteiger partial charge is 0.480 e. The van der Waals surface area contributed by atoms with E-state index in [1.54, 1.807) is 20.8 Å². The number of ether oxygens (including phenoxy) is 2. The number of carbonyl (C=O) groups excluding carboxylic acids is 2. The molecule has 21 heavy (non-hydrogen) atoms. The monoisotopic (exact) mass is 294 g/mol. The van der Waals surface area contributed by atoms with Crippen molar-refractivity contribution in [3.63, 3.8) is 0 Å². The van der Waals surface area contributed by atoms with E-state index in [2.05, 4.69) is 9.73 Å². The quantitative estimate of drug-likeness (QED) is 0.277. The Bertz CT molecular complexity index is 626. The molecule has 0 aliphatic carbocycles. The third kappa shape index (κ3) is 3.87. The van der Waals surface area contributed by atoms with Crippen LogP contribution in [0.25, 0.3) is 0 Å². The minimum absolute atomic E-state index is 0.121. The molecule has 8 nitrogen and oxygen atoms in total. The van der Waals surface area contributed by atoms with Gasteiger partial charge in [0.15, 0.2) is 5.69 Å². The zero-order valence-corrected chi connectivity index (χ0v) is 12.0. The van der Waals surface area contributed by atoms with Crippen molar-refractivity contribution in [1.82, 2.24) is 0 Å². The van der Waals surface area contributed by atoms with Crippen LogP contribution in [0.2, 0.25) is 0 Å². The van der Waals surface area contributed by atoms with Crippen LogP contribution in [0.5, 0.6) is 5.75 Å². The molecule has 0 aliphatic rings. The van der Waals surface area contributed by atoms with Crippen molar-refractivity contribution >= 4 is 23.4 Å². The Morgan fingerprint density at radius 3 is 2.43 bits per heavy atom. The van der Waals surface area contributed by atoms with Gasteiger partial charge in [-0.15, -0.1) is 0 Å². The summed E-state index contributed by atoms with van der Waals surface area (Å²) in [5, 5.41) is 11.3. The number of rotatable bonds is 4. The maximum Gasteiger partial charge on any atom is 0.341 e. The molecule has 0 N–H and O–H groups in total. The smallest absolute Gasteiger partial charge is 0.341 e. The number of nitro benzene ring substituents is 1. The topological polar surface area (TPSA) is 108 Å². The molecule has 0 spiro atoms. The van der Waals surface area contributed by atoms with Crippen molar-refractivity contribution in [3.05, 3.63) is 27.8 Å². The van der Waals surface area contributed by atoms with E-state index in [0.29, 0.717) is 0 Å². The maximum absolute atomic E-state index is 11.7. The van der Waals surface area contributed by atoms with Crippen LogP contribution in [0.15, 0.2) is 17.1 Å². The lowest BCUT2D eigenvalue weighted by atomic mass is 10.1. The highest BCUT2D eigenvalue weighted by Gasteiger charge is 2.31. The molecule has 0 heterocycles. The molecule has 0 radical (unpaired) electrons. The number of methoxy groups -OCH3 is 1. The molecule has 0 saturated carbocycles. The fourth-order valence-corrected chi connectivity index (χ4v) is 1.56. The highest BCUT2D eigenvalue weighted by atomic mass is 16.6. The van der Waals surface area contributed by atoms with Crippen LogP contribution in [0.4, 0.5) is 11.4 Å². The summed E-state index contributed by atoms with van der Waals surface area (Å²) in [6, 6.07) is 2.40. The van der Waals surface area contributed by atoms with E-state index < -0.39 is 22.2 Å². The molecule has 0 saturated heterocycles. The zero-order valence-electron chi connectivity index (χ0n) is 12.0. The van der Waals surface area contributed by atoms with Crippen LogP contribution in [-0.2, 0) is 9.53 Å². The van der Waals surface area contributed by atoms with Gasteiger partial charge in [-0.05, 0) is 32.9 Å². The van der Waals surface area contributed by atoms with Crippen LogP contribution in [0.3, 0.4) is 0 Å². The number of carbonyl (C=O) groups is 1. The standard InChI is InChI=1S/C13H14N2O6/c1-13(2,3)21-11-8(12(17)20-4)5-6-9(14-7-16)10(11)15(18)19/h5-6H,1-4H3. The Hall–Kier alpha value is -2.73. The van der Waals surface area contributed by atoms with Gasteiger partial charge in [-0.25, -0.2) is 9.59 Å². The summed E-state index contributed by atoms with van der Waals surface area (Å²) in [6.45, 7) is 4.98. The zero-order chi connectivity index (χ0) is 16.2. The summed E-state index contributed by atoms with van der Waals surface area (Å²) in [4.78, 5) is 35.8. The first-order valence-electron chi connectivity index (χ1n) is 5.88. The van der Waals surface area contributed by atoms with Gasteiger partial charge in [-0.2, -0.15) is 4.99 Å². The van der Waals surface area contributed by atoms with Gasteiger partial charge in [0.2, 0.25) is 11.8 Å². The third-order valence-electron chi connectivity index (χ3n) is 2.27. The lowest BCUT2D eigenvalue weighted by Crippen LogP contribution is -2.25. The Labute approximate surface area is 120 Å². The maximum atomic E-state index is 11.7. The summed E-state index contributed by atoms with van der Waals surface area (Å²) in [5.74, 6) is -1.09. The van der Waals surface area contributed by atoms with Gasteiger partial charge in [0.05, 0.1) is 12.0 Å². The molecule has 0 aliphatic heterocycles. The summed E-state index contributed by atoms with van der Waals surface area (Å²) in [6.07, 6.45) is 1.23. The van der Waals surface area contributed by atoms with E-state index in [-0.39, 0.29) is 17.0 Å². The van der Waals surface area contributed by atoms with Gasteiger partial charge in [0.25, 0.3) is 0 Å². The molecule has 112 valence electrons. The molecule has 0 fully saturated rings. The predicted octanol–water partition coefficient (Wildman–Crippen LogP) is 2.53. The average Bonchev–Trinajstić information content (AvgIpc) is 2.36. The second-order valence-corrected chi connectivity index (χ2v) is 4.98. The molecule has 0 aromatic heterocycles. The Kier molecular flexibility index (Phi) is 4.78. The average molecular weight is 294 g/mol. The number of esters is 1. The molecule has 1 aromatic rings. The van der Waals surface area contributed by atoms with Crippen molar-refractivity contribution in [1.29, 1.82) is 0 Å². The highest BCUT2D eigenvalue weighted by molar-refractivity contribution is 5.95.